The first-order valence-corrected chi connectivity index (χ1v) is 6.22. The highest BCUT2D eigenvalue weighted by molar-refractivity contribution is 4.80. The highest BCUT2D eigenvalue weighted by Crippen LogP contribution is 2.18. The van der Waals surface area contributed by atoms with E-state index in [-0.39, 0.29) is 0 Å². The number of likely N-dealkylation sites (tertiary alicyclic amines) is 1. The van der Waals surface area contributed by atoms with Crippen molar-refractivity contribution >= 4 is 0 Å². The first-order chi connectivity index (χ1) is 6.77. The smallest absolute Gasteiger partial charge is 0.00644 e. The minimum absolute atomic E-state index is 0.783. The summed E-state index contributed by atoms with van der Waals surface area (Å²) >= 11 is 0. The van der Waals surface area contributed by atoms with Crippen LogP contribution < -0.4 is 5.32 Å². The van der Waals surface area contributed by atoms with Crippen LogP contribution >= 0.6 is 0 Å². The van der Waals surface area contributed by atoms with Crippen molar-refractivity contribution in [2.45, 2.75) is 46.1 Å². The second kappa shape index (κ2) is 6.41. The molecular formula is C12H26N2. The normalized spacial score (nSPS) is 25.5. The lowest BCUT2D eigenvalue weighted by Gasteiger charge is -2.22. The van der Waals surface area contributed by atoms with Crippen molar-refractivity contribution in [1.82, 2.24) is 10.2 Å². The van der Waals surface area contributed by atoms with Gasteiger partial charge in [0.05, 0.1) is 0 Å². The molecule has 0 aromatic rings. The third kappa shape index (κ3) is 3.58. The van der Waals surface area contributed by atoms with Crippen LogP contribution in [0, 0.1) is 5.92 Å². The van der Waals surface area contributed by atoms with E-state index in [1.165, 1.54) is 45.4 Å². The van der Waals surface area contributed by atoms with Gasteiger partial charge in [-0.15, -0.1) is 0 Å². The predicted molar refractivity (Wildman–Crippen MR) is 62.6 cm³/mol. The van der Waals surface area contributed by atoms with E-state index in [9.17, 15) is 0 Å². The summed E-state index contributed by atoms with van der Waals surface area (Å²) in [6.07, 6.45) is 3.93. The molecule has 2 nitrogen and oxygen atoms in total. The molecule has 2 heteroatoms. The van der Waals surface area contributed by atoms with Gasteiger partial charge in [-0.3, -0.25) is 0 Å². The highest BCUT2D eigenvalue weighted by Gasteiger charge is 2.24. The lowest BCUT2D eigenvalue weighted by atomic mass is 10.1. The van der Waals surface area contributed by atoms with Gasteiger partial charge < -0.3 is 10.2 Å². The molecule has 1 rings (SSSR count). The Bertz CT molecular complexity index is 147. The van der Waals surface area contributed by atoms with Gasteiger partial charge in [-0.25, -0.2) is 0 Å². The fourth-order valence-electron chi connectivity index (χ4n) is 2.17. The summed E-state index contributed by atoms with van der Waals surface area (Å²) in [4.78, 5) is 2.64. The van der Waals surface area contributed by atoms with E-state index in [2.05, 4.69) is 31.0 Å². The van der Waals surface area contributed by atoms with E-state index in [4.69, 9.17) is 0 Å². The molecule has 14 heavy (non-hydrogen) atoms. The largest absolute Gasteiger partial charge is 0.316 e. The minimum Gasteiger partial charge on any atom is -0.316 e. The first-order valence-electron chi connectivity index (χ1n) is 6.22. The monoisotopic (exact) mass is 198 g/mol. The maximum absolute atomic E-state index is 3.53. The van der Waals surface area contributed by atoms with Gasteiger partial charge >= 0.3 is 0 Å². The van der Waals surface area contributed by atoms with Crippen molar-refractivity contribution in [3.05, 3.63) is 0 Å². The Morgan fingerprint density at radius 3 is 2.86 bits per heavy atom. The van der Waals surface area contributed by atoms with Crippen LogP contribution in [0.15, 0.2) is 0 Å². The van der Waals surface area contributed by atoms with Gasteiger partial charge in [-0.1, -0.05) is 13.8 Å². The third-order valence-electron chi connectivity index (χ3n) is 3.39. The number of rotatable bonds is 6. The number of hydrogen-bond donors (Lipinski definition) is 1. The Hall–Kier alpha value is -0.0800. The van der Waals surface area contributed by atoms with Crippen LogP contribution in [0.1, 0.15) is 40.0 Å². The molecule has 0 radical (unpaired) electrons. The molecule has 0 aromatic heterocycles. The van der Waals surface area contributed by atoms with Gasteiger partial charge in [0.15, 0.2) is 0 Å². The van der Waals surface area contributed by atoms with Crippen LogP contribution in [-0.4, -0.2) is 37.1 Å². The zero-order valence-corrected chi connectivity index (χ0v) is 10.1. The average molecular weight is 198 g/mol. The molecule has 1 N–H and O–H groups in total. The number of nitrogens with one attached hydrogen (secondary N) is 1. The van der Waals surface area contributed by atoms with Crippen LogP contribution in [0.2, 0.25) is 0 Å². The van der Waals surface area contributed by atoms with Crippen molar-refractivity contribution in [3.8, 4) is 0 Å². The summed E-state index contributed by atoms with van der Waals surface area (Å²) in [5.74, 6) is 0.899. The minimum atomic E-state index is 0.783. The van der Waals surface area contributed by atoms with Crippen LogP contribution in [0.3, 0.4) is 0 Å². The zero-order chi connectivity index (χ0) is 10.4. The van der Waals surface area contributed by atoms with Crippen LogP contribution in [-0.2, 0) is 0 Å². The molecule has 1 aliphatic heterocycles. The van der Waals surface area contributed by atoms with Gasteiger partial charge in [-0.2, -0.15) is 0 Å². The lowest BCUT2D eigenvalue weighted by molar-refractivity contribution is 0.243. The highest BCUT2D eigenvalue weighted by atomic mass is 15.2. The van der Waals surface area contributed by atoms with Crippen LogP contribution in [0.4, 0.5) is 0 Å². The molecule has 0 amide bonds. The molecule has 1 heterocycles. The standard InChI is InChI=1S/C12H26N2/c1-4-7-13-9-12-6-8-14(10-12)11(3)5-2/h11-13H,4-10H2,1-3H3. The van der Waals surface area contributed by atoms with Gasteiger partial charge in [0.2, 0.25) is 0 Å². The summed E-state index contributed by atoms with van der Waals surface area (Å²) in [7, 11) is 0. The Morgan fingerprint density at radius 2 is 2.21 bits per heavy atom. The van der Waals surface area contributed by atoms with Crippen molar-refractivity contribution in [1.29, 1.82) is 0 Å². The van der Waals surface area contributed by atoms with Gasteiger partial charge in [-0.05, 0) is 51.7 Å². The Morgan fingerprint density at radius 1 is 1.43 bits per heavy atom. The summed E-state index contributed by atoms with van der Waals surface area (Å²) < 4.78 is 0. The lowest BCUT2D eigenvalue weighted by Crippen LogP contribution is -2.32. The molecule has 1 fully saturated rings. The van der Waals surface area contributed by atoms with E-state index in [0.29, 0.717) is 0 Å². The topological polar surface area (TPSA) is 15.3 Å². The second-order valence-electron chi connectivity index (χ2n) is 4.61. The van der Waals surface area contributed by atoms with Gasteiger partial charge in [0, 0.05) is 12.6 Å². The molecular weight excluding hydrogens is 172 g/mol. The molecule has 0 aliphatic carbocycles. The van der Waals surface area contributed by atoms with E-state index in [1.54, 1.807) is 0 Å². The Labute approximate surface area is 89.1 Å². The average Bonchev–Trinajstić information content (AvgIpc) is 2.66. The predicted octanol–water partition coefficient (Wildman–Crippen LogP) is 2.11. The summed E-state index contributed by atoms with van der Waals surface area (Å²) in [6, 6.07) is 0.783. The van der Waals surface area contributed by atoms with Crippen molar-refractivity contribution in [2.75, 3.05) is 26.2 Å². The van der Waals surface area contributed by atoms with Gasteiger partial charge in [0.1, 0.15) is 0 Å². The molecule has 0 aromatic carbocycles. The van der Waals surface area contributed by atoms with E-state index >= 15 is 0 Å². The number of hydrogen-bond acceptors (Lipinski definition) is 2. The molecule has 0 bridgehead atoms. The summed E-state index contributed by atoms with van der Waals surface area (Å²) in [5, 5.41) is 3.53. The van der Waals surface area contributed by atoms with E-state index in [0.717, 1.165) is 12.0 Å². The first kappa shape index (κ1) is 12.0. The molecule has 0 saturated carbocycles. The quantitative estimate of drug-likeness (QED) is 0.658. The Kier molecular flexibility index (Phi) is 5.49. The molecule has 1 aliphatic rings. The molecule has 0 spiro atoms. The SMILES string of the molecule is CCCNCC1CCN(C(C)CC)C1. The Balaban J connectivity index is 2.14. The third-order valence-corrected chi connectivity index (χ3v) is 3.39. The summed E-state index contributed by atoms with van der Waals surface area (Å²) in [6.45, 7) is 11.9. The summed E-state index contributed by atoms with van der Waals surface area (Å²) in [5.41, 5.74) is 0. The fraction of sp³-hybridized carbons (Fsp3) is 1.00. The molecule has 2 unspecified atom stereocenters. The van der Waals surface area contributed by atoms with E-state index < -0.39 is 0 Å². The molecule has 1 saturated heterocycles. The molecule has 84 valence electrons. The van der Waals surface area contributed by atoms with Crippen molar-refractivity contribution in [3.63, 3.8) is 0 Å². The zero-order valence-electron chi connectivity index (χ0n) is 10.1. The van der Waals surface area contributed by atoms with Crippen LogP contribution in [0.5, 0.6) is 0 Å². The maximum atomic E-state index is 3.53. The van der Waals surface area contributed by atoms with Crippen molar-refractivity contribution in [2.24, 2.45) is 5.92 Å². The van der Waals surface area contributed by atoms with Crippen LogP contribution in [0.25, 0.3) is 0 Å². The van der Waals surface area contributed by atoms with Crippen molar-refractivity contribution < 1.29 is 0 Å². The maximum Gasteiger partial charge on any atom is 0.00644 e. The molecule has 2 atom stereocenters. The van der Waals surface area contributed by atoms with E-state index in [1.807, 2.05) is 0 Å². The fourth-order valence-corrected chi connectivity index (χ4v) is 2.17. The number of nitrogens with zero attached hydrogens (tertiary/aromatic N) is 1. The van der Waals surface area contributed by atoms with Gasteiger partial charge in [0.25, 0.3) is 0 Å². The second-order valence-corrected chi connectivity index (χ2v) is 4.61.